The zero-order chi connectivity index (χ0) is 14.6. The third kappa shape index (κ3) is 18.1. The van der Waals surface area contributed by atoms with Gasteiger partial charge in [0, 0.05) is 18.9 Å². The lowest BCUT2D eigenvalue weighted by Crippen LogP contribution is -2.24. The van der Waals surface area contributed by atoms with Gasteiger partial charge in [0.15, 0.2) is 6.29 Å². The van der Waals surface area contributed by atoms with Crippen LogP contribution in [0, 0.1) is 0 Å². The minimum Gasteiger partial charge on any atom is -0.353 e. The van der Waals surface area contributed by atoms with E-state index in [4.69, 9.17) is 27.0 Å². The molecule has 7 nitrogen and oxygen atoms in total. The highest BCUT2D eigenvalue weighted by Crippen LogP contribution is 2.13. The Hall–Kier alpha value is 0.1000. The Morgan fingerprint density at radius 2 is 2.00 bits per heavy atom. The van der Waals surface area contributed by atoms with E-state index in [2.05, 4.69) is 17.9 Å². The van der Waals surface area contributed by atoms with Crippen LogP contribution >= 0.6 is 12.6 Å². The van der Waals surface area contributed by atoms with E-state index in [1.807, 2.05) is 0 Å². The van der Waals surface area contributed by atoms with E-state index in [0.717, 1.165) is 44.9 Å². The number of hydrogen-bond donors (Lipinski definition) is 4. The molecule has 3 N–H and O–H groups in total. The molecule has 0 spiro atoms. The standard InChI is InChI=1S/C10H21NO2S.H2O4S/c14-9-6-11-5-3-8-13-10-4-1-2-7-12-10;1-5(2,3)4/h10-11,14H,1-9H2;(H2,1,2,3,4). The van der Waals surface area contributed by atoms with Gasteiger partial charge >= 0.3 is 10.4 Å². The van der Waals surface area contributed by atoms with Crippen LogP contribution in [0.25, 0.3) is 0 Å². The predicted molar refractivity (Wildman–Crippen MR) is 75.1 cm³/mol. The largest absolute Gasteiger partial charge is 0.394 e. The number of nitrogens with one attached hydrogen (secondary N) is 1. The molecule has 116 valence electrons. The molecule has 0 saturated carbocycles. The van der Waals surface area contributed by atoms with Gasteiger partial charge in [-0.05, 0) is 32.2 Å². The molecule has 0 radical (unpaired) electrons. The highest BCUT2D eigenvalue weighted by molar-refractivity contribution is 7.80. The van der Waals surface area contributed by atoms with Crippen LogP contribution in [-0.4, -0.2) is 55.9 Å². The number of rotatable bonds is 7. The van der Waals surface area contributed by atoms with Gasteiger partial charge in [-0.15, -0.1) is 0 Å². The second kappa shape index (κ2) is 11.9. The fraction of sp³-hybridized carbons (Fsp3) is 1.00. The van der Waals surface area contributed by atoms with Crippen LogP contribution in [0.3, 0.4) is 0 Å². The molecule has 0 aromatic rings. The summed E-state index contributed by atoms with van der Waals surface area (Å²) in [5, 5.41) is 3.28. The van der Waals surface area contributed by atoms with Crippen molar-refractivity contribution < 1.29 is 27.0 Å². The van der Waals surface area contributed by atoms with Gasteiger partial charge in [-0.25, -0.2) is 0 Å². The first kappa shape index (κ1) is 19.1. The Labute approximate surface area is 120 Å². The maximum atomic E-state index is 8.74. The van der Waals surface area contributed by atoms with Crippen molar-refractivity contribution >= 4 is 23.0 Å². The molecule has 1 aliphatic rings. The molecule has 0 amide bonds. The first-order valence-corrected chi connectivity index (χ1v) is 8.21. The smallest absolute Gasteiger partial charge is 0.353 e. The average Bonchev–Trinajstić information content (AvgIpc) is 2.33. The molecule has 1 rings (SSSR count). The van der Waals surface area contributed by atoms with E-state index in [0.29, 0.717) is 0 Å². The molecule has 1 heterocycles. The van der Waals surface area contributed by atoms with Crippen LogP contribution in [0.5, 0.6) is 0 Å². The highest BCUT2D eigenvalue weighted by Gasteiger charge is 2.12. The van der Waals surface area contributed by atoms with E-state index in [-0.39, 0.29) is 6.29 Å². The molecule has 0 aromatic heterocycles. The molecule has 1 fully saturated rings. The molecule has 9 heteroatoms. The molecule has 0 aromatic carbocycles. The van der Waals surface area contributed by atoms with E-state index in [1.165, 1.54) is 12.8 Å². The van der Waals surface area contributed by atoms with Gasteiger partial charge in [0.05, 0.1) is 6.61 Å². The first-order chi connectivity index (χ1) is 8.93. The minimum atomic E-state index is -4.67. The Kier molecular flexibility index (Phi) is 12.0. The zero-order valence-electron chi connectivity index (χ0n) is 10.8. The number of thiol groups is 1. The summed E-state index contributed by atoms with van der Waals surface area (Å²) in [5.74, 6) is 0.895. The van der Waals surface area contributed by atoms with Gasteiger partial charge < -0.3 is 14.8 Å². The van der Waals surface area contributed by atoms with Crippen molar-refractivity contribution in [3.63, 3.8) is 0 Å². The summed E-state index contributed by atoms with van der Waals surface area (Å²) in [6, 6.07) is 0. The normalized spacial score (nSPS) is 19.6. The van der Waals surface area contributed by atoms with E-state index >= 15 is 0 Å². The molecule has 1 atom stereocenters. The average molecular weight is 317 g/mol. The van der Waals surface area contributed by atoms with Crippen molar-refractivity contribution in [2.45, 2.75) is 32.0 Å². The lowest BCUT2D eigenvalue weighted by Gasteiger charge is -2.22. The Balaban J connectivity index is 0.000000555. The van der Waals surface area contributed by atoms with Crippen LogP contribution in [0.4, 0.5) is 0 Å². The van der Waals surface area contributed by atoms with Gasteiger partial charge in [0.1, 0.15) is 0 Å². The summed E-state index contributed by atoms with van der Waals surface area (Å²) in [6.07, 6.45) is 4.59. The van der Waals surface area contributed by atoms with Gasteiger partial charge in [-0.2, -0.15) is 21.0 Å². The van der Waals surface area contributed by atoms with Crippen LogP contribution in [0.1, 0.15) is 25.7 Å². The molecule has 1 unspecified atom stereocenters. The first-order valence-electron chi connectivity index (χ1n) is 6.18. The fourth-order valence-electron chi connectivity index (χ4n) is 1.46. The van der Waals surface area contributed by atoms with Crippen molar-refractivity contribution in [3.8, 4) is 0 Å². The van der Waals surface area contributed by atoms with Crippen LogP contribution < -0.4 is 5.32 Å². The van der Waals surface area contributed by atoms with Gasteiger partial charge in [0.2, 0.25) is 0 Å². The van der Waals surface area contributed by atoms with Crippen molar-refractivity contribution in [1.29, 1.82) is 0 Å². The summed E-state index contributed by atoms with van der Waals surface area (Å²) >= 11 is 4.12. The fourth-order valence-corrected chi connectivity index (χ4v) is 1.62. The van der Waals surface area contributed by atoms with Crippen LogP contribution in [0.2, 0.25) is 0 Å². The maximum absolute atomic E-state index is 8.74. The van der Waals surface area contributed by atoms with Crippen molar-refractivity contribution in [1.82, 2.24) is 5.32 Å². The Morgan fingerprint density at radius 3 is 2.53 bits per heavy atom. The van der Waals surface area contributed by atoms with Crippen molar-refractivity contribution in [2.24, 2.45) is 0 Å². The van der Waals surface area contributed by atoms with E-state index in [9.17, 15) is 0 Å². The zero-order valence-corrected chi connectivity index (χ0v) is 12.5. The quantitative estimate of drug-likeness (QED) is 0.312. The topological polar surface area (TPSA) is 105 Å². The van der Waals surface area contributed by atoms with Gasteiger partial charge in [-0.1, -0.05) is 0 Å². The lowest BCUT2D eigenvalue weighted by molar-refractivity contribution is -0.162. The third-order valence-corrected chi connectivity index (χ3v) is 2.45. The van der Waals surface area contributed by atoms with Gasteiger partial charge in [-0.3, -0.25) is 9.11 Å². The Morgan fingerprint density at radius 1 is 1.32 bits per heavy atom. The summed E-state index contributed by atoms with van der Waals surface area (Å²) in [4.78, 5) is 0. The molecule has 0 aliphatic carbocycles. The minimum absolute atomic E-state index is 0.0635. The predicted octanol–water partition coefficient (Wildman–Crippen LogP) is 0.786. The monoisotopic (exact) mass is 317 g/mol. The van der Waals surface area contributed by atoms with Crippen molar-refractivity contribution in [3.05, 3.63) is 0 Å². The van der Waals surface area contributed by atoms with E-state index < -0.39 is 10.4 Å². The molecule has 19 heavy (non-hydrogen) atoms. The maximum Gasteiger partial charge on any atom is 0.394 e. The second-order valence-electron chi connectivity index (χ2n) is 3.94. The van der Waals surface area contributed by atoms with E-state index in [1.54, 1.807) is 0 Å². The SMILES string of the molecule is O=S(=O)(O)O.SCCNCCCOC1CCCCO1. The molecule has 0 bridgehead atoms. The lowest BCUT2D eigenvalue weighted by atomic mass is 10.2. The summed E-state index contributed by atoms with van der Waals surface area (Å²) < 4.78 is 42.6. The van der Waals surface area contributed by atoms with Crippen LogP contribution in [0.15, 0.2) is 0 Å². The molecular weight excluding hydrogens is 294 g/mol. The Bertz CT molecular complexity index is 284. The molecule has 1 aliphatic heterocycles. The highest BCUT2D eigenvalue weighted by atomic mass is 32.3. The number of hydrogen-bond acceptors (Lipinski definition) is 6. The van der Waals surface area contributed by atoms with Crippen molar-refractivity contribution in [2.75, 3.05) is 32.1 Å². The summed E-state index contributed by atoms with van der Waals surface area (Å²) in [5.41, 5.74) is 0. The summed E-state index contributed by atoms with van der Waals surface area (Å²) in [6.45, 7) is 3.64. The number of ether oxygens (including phenoxy) is 2. The third-order valence-electron chi connectivity index (χ3n) is 2.23. The summed E-state index contributed by atoms with van der Waals surface area (Å²) in [7, 11) is -4.67. The molecular formula is C10H23NO6S2. The van der Waals surface area contributed by atoms with Gasteiger partial charge in [0.25, 0.3) is 0 Å². The second-order valence-corrected chi connectivity index (χ2v) is 5.28. The van der Waals surface area contributed by atoms with Crippen LogP contribution in [-0.2, 0) is 19.9 Å². The molecule has 1 saturated heterocycles.